The fourth-order valence-corrected chi connectivity index (χ4v) is 2.24. The van der Waals surface area contributed by atoms with Gasteiger partial charge in [-0.2, -0.15) is 0 Å². The molecule has 0 atom stereocenters. The number of oxime groups is 1. The lowest BCUT2D eigenvalue weighted by molar-refractivity contribution is 0.322. The van der Waals surface area contributed by atoms with Crippen molar-refractivity contribution in [2.24, 2.45) is 5.16 Å². The van der Waals surface area contributed by atoms with Crippen molar-refractivity contribution in [3.05, 3.63) is 70.1 Å². The van der Waals surface area contributed by atoms with Crippen LogP contribution in [0.15, 0.2) is 58.6 Å². The molecule has 3 aromatic rings. The average molecular weight is 294 g/mol. The maximum absolute atomic E-state index is 12.6. The lowest BCUT2D eigenvalue weighted by Crippen LogP contribution is -2.22. The van der Waals surface area contributed by atoms with E-state index in [1.807, 2.05) is 43.3 Å². The summed E-state index contributed by atoms with van der Waals surface area (Å²) in [5.74, 6) is 0.350. The van der Waals surface area contributed by atoms with Gasteiger partial charge in [0, 0.05) is 11.9 Å². The molecule has 2 heterocycles. The number of nitrogens with zero attached hydrogens (tertiary/aromatic N) is 3. The van der Waals surface area contributed by atoms with E-state index in [9.17, 15) is 4.79 Å². The summed E-state index contributed by atoms with van der Waals surface area (Å²) in [6.07, 6.45) is 2.73. The van der Waals surface area contributed by atoms with Gasteiger partial charge in [0.05, 0.1) is 6.21 Å². The number of nitrogens with one attached hydrogen (secondary N) is 1. The number of rotatable bonds is 3. The van der Waals surface area contributed by atoms with Crippen molar-refractivity contribution in [3.63, 3.8) is 0 Å². The second-order valence-electron chi connectivity index (χ2n) is 4.80. The number of para-hydroxylation sites is 1. The first kappa shape index (κ1) is 13.8. The maximum Gasteiger partial charge on any atom is 0.269 e. The van der Waals surface area contributed by atoms with Gasteiger partial charge in [-0.1, -0.05) is 29.4 Å². The first-order valence-corrected chi connectivity index (χ1v) is 6.72. The quantitative estimate of drug-likeness (QED) is 0.442. The number of aryl methyl sites for hydroxylation is 1. The molecule has 0 aliphatic rings. The maximum atomic E-state index is 12.6. The minimum atomic E-state index is -0.301. The zero-order valence-electron chi connectivity index (χ0n) is 11.9. The van der Waals surface area contributed by atoms with E-state index in [0.29, 0.717) is 11.5 Å². The third-order valence-electron chi connectivity index (χ3n) is 3.31. The van der Waals surface area contributed by atoms with Crippen molar-refractivity contribution in [1.82, 2.24) is 9.38 Å². The fraction of sp³-hybridized carbons (Fsp3) is 0.0625. The molecule has 0 fully saturated rings. The van der Waals surface area contributed by atoms with Gasteiger partial charge < -0.3 is 10.5 Å². The fourth-order valence-electron chi connectivity index (χ4n) is 2.24. The Hall–Kier alpha value is -3.15. The molecule has 2 N–H and O–H groups in total. The molecule has 3 rings (SSSR count). The van der Waals surface area contributed by atoms with Crippen LogP contribution in [0, 0.1) is 6.92 Å². The molecule has 2 aromatic heterocycles. The van der Waals surface area contributed by atoms with Crippen LogP contribution in [-0.4, -0.2) is 20.8 Å². The standard InChI is InChI=1S/C16H14N4O2/c1-11-6-5-9-20-15(11)19-14(13(10-17-22)16(20)21)18-12-7-3-2-4-8-12/h2-10,18,22H,1H3. The summed E-state index contributed by atoms with van der Waals surface area (Å²) in [6, 6.07) is 13.0. The summed E-state index contributed by atoms with van der Waals surface area (Å²) in [5, 5.41) is 14.9. The summed E-state index contributed by atoms with van der Waals surface area (Å²) in [6.45, 7) is 1.88. The second kappa shape index (κ2) is 5.69. The Kier molecular flexibility index (Phi) is 3.57. The van der Waals surface area contributed by atoms with Crippen molar-refractivity contribution in [3.8, 4) is 0 Å². The summed E-state index contributed by atoms with van der Waals surface area (Å²) < 4.78 is 1.43. The van der Waals surface area contributed by atoms with Crippen LogP contribution in [0.5, 0.6) is 0 Å². The van der Waals surface area contributed by atoms with Gasteiger partial charge in [0.25, 0.3) is 5.56 Å². The minimum absolute atomic E-state index is 0.189. The van der Waals surface area contributed by atoms with E-state index in [0.717, 1.165) is 17.5 Å². The predicted octanol–water partition coefficient (Wildman–Crippen LogP) is 2.55. The first-order valence-electron chi connectivity index (χ1n) is 6.72. The molecule has 6 heteroatoms. The lowest BCUT2D eigenvalue weighted by atomic mass is 10.2. The van der Waals surface area contributed by atoms with Gasteiger partial charge in [-0.15, -0.1) is 0 Å². The molecular formula is C16H14N4O2. The third-order valence-corrected chi connectivity index (χ3v) is 3.31. The highest BCUT2D eigenvalue weighted by molar-refractivity contribution is 5.87. The minimum Gasteiger partial charge on any atom is -0.411 e. The molecular weight excluding hydrogens is 280 g/mol. The van der Waals surface area contributed by atoms with Crippen LogP contribution in [0.1, 0.15) is 11.1 Å². The smallest absolute Gasteiger partial charge is 0.269 e. The summed E-state index contributed by atoms with van der Waals surface area (Å²) >= 11 is 0. The molecule has 0 aliphatic carbocycles. The molecule has 1 aromatic carbocycles. The number of benzene rings is 1. The van der Waals surface area contributed by atoms with E-state index < -0.39 is 0 Å². The second-order valence-corrected chi connectivity index (χ2v) is 4.80. The van der Waals surface area contributed by atoms with Crippen molar-refractivity contribution >= 4 is 23.4 Å². The number of aromatic nitrogens is 2. The normalized spacial score (nSPS) is 11.1. The Bertz CT molecular complexity index is 901. The molecule has 0 radical (unpaired) electrons. The molecule has 0 amide bonds. The van der Waals surface area contributed by atoms with Gasteiger partial charge in [-0.25, -0.2) is 4.98 Å². The predicted molar refractivity (Wildman–Crippen MR) is 85.3 cm³/mol. The number of fused-ring (bicyclic) bond motifs is 1. The highest BCUT2D eigenvalue weighted by atomic mass is 16.4. The SMILES string of the molecule is Cc1cccn2c(=O)c(C=NO)c(Nc3ccccc3)nc12. The van der Waals surface area contributed by atoms with Crippen LogP contribution in [0.25, 0.3) is 5.65 Å². The summed E-state index contributed by atoms with van der Waals surface area (Å²) in [5.41, 5.74) is 2.11. The van der Waals surface area contributed by atoms with E-state index >= 15 is 0 Å². The van der Waals surface area contributed by atoms with Crippen molar-refractivity contribution < 1.29 is 5.21 Å². The van der Waals surface area contributed by atoms with E-state index in [2.05, 4.69) is 15.5 Å². The molecule has 0 unspecified atom stereocenters. The first-order chi connectivity index (χ1) is 10.7. The van der Waals surface area contributed by atoms with Gasteiger partial charge in [-0.05, 0) is 30.7 Å². The highest BCUT2D eigenvalue weighted by Gasteiger charge is 2.12. The molecule has 6 nitrogen and oxygen atoms in total. The Morgan fingerprint density at radius 3 is 2.73 bits per heavy atom. The molecule has 0 saturated carbocycles. The molecule has 22 heavy (non-hydrogen) atoms. The number of anilines is 2. The van der Waals surface area contributed by atoms with Crippen LogP contribution < -0.4 is 10.9 Å². The average Bonchev–Trinajstić information content (AvgIpc) is 2.53. The molecule has 0 spiro atoms. The van der Waals surface area contributed by atoms with Crippen LogP contribution in [0.3, 0.4) is 0 Å². The van der Waals surface area contributed by atoms with Gasteiger partial charge in [0.1, 0.15) is 17.0 Å². The lowest BCUT2D eigenvalue weighted by Gasteiger charge is -2.11. The van der Waals surface area contributed by atoms with Crippen molar-refractivity contribution in [2.75, 3.05) is 5.32 Å². The number of hydrogen-bond donors (Lipinski definition) is 2. The third kappa shape index (κ3) is 2.42. The summed E-state index contributed by atoms with van der Waals surface area (Å²) in [4.78, 5) is 17.1. The largest absolute Gasteiger partial charge is 0.411 e. The van der Waals surface area contributed by atoms with Crippen LogP contribution in [0.2, 0.25) is 0 Å². The monoisotopic (exact) mass is 294 g/mol. The van der Waals surface area contributed by atoms with Crippen molar-refractivity contribution in [2.45, 2.75) is 6.92 Å². The van der Waals surface area contributed by atoms with E-state index in [-0.39, 0.29) is 11.1 Å². The van der Waals surface area contributed by atoms with E-state index in [4.69, 9.17) is 5.21 Å². The Morgan fingerprint density at radius 2 is 2.00 bits per heavy atom. The summed E-state index contributed by atoms with van der Waals surface area (Å²) in [7, 11) is 0. The molecule has 110 valence electrons. The van der Waals surface area contributed by atoms with Gasteiger partial charge in [0.2, 0.25) is 0 Å². The Labute approximate surface area is 126 Å². The van der Waals surface area contributed by atoms with Crippen LogP contribution in [-0.2, 0) is 0 Å². The van der Waals surface area contributed by atoms with E-state index in [1.165, 1.54) is 4.40 Å². The van der Waals surface area contributed by atoms with Crippen molar-refractivity contribution in [1.29, 1.82) is 0 Å². The van der Waals surface area contributed by atoms with Gasteiger partial charge in [0.15, 0.2) is 0 Å². The van der Waals surface area contributed by atoms with E-state index in [1.54, 1.807) is 12.3 Å². The number of pyridine rings is 1. The Balaban J connectivity index is 2.25. The molecule has 0 aliphatic heterocycles. The Morgan fingerprint density at radius 1 is 1.23 bits per heavy atom. The molecule has 0 bridgehead atoms. The number of hydrogen-bond acceptors (Lipinski definition) is 5. The highest BCUT2D eigenvalue weighted by Crippen LogP contribution is 2.17. The van der Waals surface area contributed by atoms with Crippen LogP contribution in [0.4, 0.5) is 11.5 Å². The zero-order chi connectivity index (χ0) is 15.5. The van der Waals surface area contributed by atoms with Gasteiger partial charge in [-0.3, -0.25) is 9.20 Å². The topological polar surface area (TPSA) is 79.0 Å². The van der Waals surface area contributed by atoms with Gasteiger partial charge >= 0.3 is 0 Å². The van der Waals surface area contributed by atoms with Crippen LogP contribution >= 0.6 is 0 Å². The zero-order valence-corrected chi connectivity index (χ0v) is 11.9. The molecule has 0 saturated heterocycles.